The van der Waals surface area contributed by atoms with Crippen LogP contribution in [0.4, 0.5) is 8.78 Å². The molecule has 0 atom stereocenters. The van der Waals surface area contributed by atoms with Crippen LogP contribution in [0.1, 0.15) is 71.1 Å². The van der Waals surface area contributed by atoms with Crippen molar-refractivity contribution in [1.29, 1.82) is 0 Å². The molecular formula is C19H32F2O. The Bertz CT molecular complexity index is 326. The maximum absolute atomic E-state index is 14.0. The Morgan fingerprint density at radius 1 is 0.955 bits per heavy atom. The molecule has 2 fully saturated rings. The summed E-state index contributed by atoms with van der Waals surface area (Å²) < 4.78 is 33.1. The first-order chi connectivity index (χ1) is 10.5. The van der Waals surface area contributed by atoms with E-state index in [2.05, 4.69) is 13.5 Å². The van der Waals surface area contributed by atoms with Crippen LogP contribution in [0.25, 0.3) is 0 Å². The molecule has 3 heteroatoms. The Morgan fingerprint density at radius 3 is 2.05 bits per heavy atom. The van der Waals surface area contributed by atoms with Gasteiger partial charge in [-0.25, -0.2) is 0 Å². The van der Waals surface area contributed by atoms with Crippen LogP contribution in [0.5, 0.6) is 0 Å². The Morgan fingerprint density at radius 2 is 1.50 bits per heavy atom. The van der Waals surface area contributed by atoms with Crippen molar-refractivity contribution in [3.63, 3.8) is 0 Å². The third-order valence-electron chi connectivity index (χ3n) is 5.82. The zero-order chi connectivity index (χ0) is 16.0. The van der Waals surface area contributed by atoms with Gasteiger partial charge in [0.25, 0.3) is 0 Å². The van der Waals surface area contributed by atoms with E-state index in [1.54, 1.807) is 0 Å². The van der Waals surface area contributed by atoms with E-state index < -0.39 is 6.11 Å². The van der Waals surface area contributed by atoms with Crippen molar-refractivity contribution in [2.24, 2.45) is 23.7 Å². The summed E-state index contributed by atoms with van der Waals surface area (Å²) in [4.78, 5) is 0. The average molecular weight is 314 g/mol. The first kappa shape index (κ1) is 17.9. The molecule has 1 nitrogen and oxygen atoms in total. The minimum atomic E-state index is -2.94. The number of alkyl halides is 2. The molecule has 0 spiro atoms. The zero-order valence-electron chi connectivity index (χ0n) is 14.0. The zero-order valence-corrected chi connectivity index (χ0v) is 14.0. The fourth-order valence-corrected chi connectivity index (χ4v) is 4.07. The first-order valence-electron chi connectivity index (χ1n) is 9.16. The number of hydrogen-bond acceptors (Lipinski definition) is 1. The molecule has 0 aromatic heterocycles. The van der Waals surface area contributed by atoms with Crippen molar-refractivity contribution < 1.29 is 13.5 Å². The summed E-state index contributed by atoms with van der Waals surface area (Å²) in [5.41, 5.74) is 0. The van der Waals surface area contributed by atoms with Gasteiger partial charge in [-0.2, -0.15) is 8.78 Å². The summed E-state index contributed by atoms with van der Waals surface area (Å²) in [6, 6.07) is 0. The highest BCUT2D eigenvalue weighted by Crippen LogP contribution is 2.38. The Balaban J connectivity index is 1.67. The molecule has 0 N–H and O–H groups in total. The van der Waals surface area contributed by atoms with E-state index in [1.807, 2.05) is 6.08 Å². The van der Waals surface area contributed by atoms with Gasteiger partial charge in [-0.05, 0) is 62.2 Å². The van der Waals surface area contributed by atoms with E-state index in [4.69, 9.17) is 4.74 Å². The lowest BCUT2D eigenvalue weighted by Crippen LogP contribution is -2.30. The highest BCUT2D eigenvalue weighted by atomic mass is 19.3. The summed E-state index contributed by atoms with van der Waals surface area (Å²) in [6.45, 7) is 6.26. The molecule has 0 heterocycles. The van der Waals surface area contributed by atoms with Crippen LogP contribution in [0, 0.1) is 23.7 Å². The molecule has 0 saturated heterocycles. The average Bonchev–Trinajstić information content (AvgIpc) is 2.54. The summed E-state index contributed by atoms with van der Waals surface area (Å²) in [5.74, 6) is 1.78. The Hall–Kier alpha value is -0.440. The van der Waals surface area contributed by atoms with Gasteiger partial charge < -0.3 is 4.74 Å². The second kappa shape index (κ2) is 8.42. The third kappa shape index (κ3) is 5.64. The normalized spacial score (nSPS) is 33.6. The molecular weight excluding hydrogens is 282 g/mol. The van der Waals surface area contributed by atoms with Gasteiger partial charge in [-0.1, -0.05) is 32.3 Å². The minimum absolute atomic E-state index is 0.0961. The van der Waals surface area contributed by atoms with E-state index in [1.165, 1.54) is 19.3 Å². The van der Waals surface area contributed by atoms with Crippen LogP contribution in [0.15, 0.2) is 12.7 Å². The van der Waals surface area contributed by atoms with Gasteiger partial charge in [-0.15, -0.1) is 6.58 Å². The molecule has 0 unspecified atom stereocenters. The van der Waals surface area contributed by atoms with Crippen LogP contribution >= 0.6 is 0 Å². The summed E-state index contributed by atoms with van der Waals surface area (Å²) in [6.07, 6.45) is 8.41. The molecule has 2 saturated carbocycles. The number of halogens is 2. The van der Waals surface area contributed by atoms with Crippen molar-refractivity contribution >= 4 is 0 Å². The van der Waals surface area contributed by atoms with E-state index in [0.717, 1.165) is 44.4 Å². The number of ether oxygens (including phenoxy) is 1. The second-order valence-electron chi connectivity index (χ2n) is 7.46. The number of allylic oxidation sites excluding steroid dienone is 1. The third-order valence-corrected chi connectivity index (χ3v) is 5.82. The maximum Gasteiger partial charge on any atom is 0.356 e. The molecule has 0 amide bonds. The highest BCUT2D eigenvalue weighted by Gasteiger charge is 2.36. The van der Waals surface area contributed by atoms with Gasteiger partial charge in [0.1, 0.15) is 0 Å². The lowest BCUT2D eigenvalue weighted by atomic mass is 9.80. The van der Waals surface area contributed by atoms with Crippen LogP contribution in [0.2, 0.25) is 0 Å². The molecule has 2 aliphatic rings. The largest absolute Gasteiger partial charge is 0.356 e. The topological polar surface area (TPSA) is 9.23 Å². The monoisotopic (exact) mass is 314 g/mol. The molecule has 0 aromatic rings. The number of rotatable bonds is 7. The van der Waals surface area contributed by atoms with Crippen molar-refractivity contribution in [2.45, 2.75) is 77.2 Å². The van der Waals surface area contributed by atoms with Crippen molar-refractivity contribution in [1.82, 2.24) is 0 Å². The van der Waals surface area contributed by atoms with E-state index >= 15 is 0 Å². The first-order valence-corrected chi connectivity index (χ1v) is 9.16. The van der Waals surface area contributed by atoms with E-state index in [0.29, 0.717) is 11.8 Å². The summed E-state index contributed by atoms with van der Waals surface area (Å²) in [7, 11) is 0. The highest BCUT2D eigenvalue weighted by molar-refractivity contribution is 4.84. The van der Waals surface area contributed by atoms with Crippen LogP contribution in [-0.4, -0.2) is 12.7 Å². The molecule has 0 bridgehead atoms. The Kier molecular flexibility index (Phi) is 6.86. The molecule has 128 valence electrons. The van der Waals surface area contributed by atoms with Crippen LogP contribution < -0.4 is 0 Å². The predicted octanol–water partition coefficient (Wildman–Crippen LogP) is 6.19. The van der Waals surface area contributed by atoms with Crippen LogP contribution in [-0.2, 0) is 4.74 Å². The van der Waals surface area contributed by atoms with E-state index in [-0.39, 0.29) is 18.9 Å². The van der Waals surface area contributed by atoms with Gasteiger partial charge in [-0.3, -0.25) is 0 Å². The summed E-state index contributed by atoms with van der Waals surface area (Å²) >= 11 is 0. The standard InChI is InChI=1S/C19H32F2O/c1-3-15-5-9-17(10-6-15)13-19(20,21)22-14-18-11-7-16(4-2)8-12-18/h3,15-18H,1,4-14H2,2H3. The van der Waals surface area contributed by atoms with Gasteiger partial charge in [0.2, 0.25) is 0 Å². The summed E-state index contributed by atoms with van der Waals surface area (Å²) in [5, 5.41) is 0. The second-order valence-corrected chi connectivity index (χ2v) is 7.46. The Labute approximate surface area is 134 Å². The van der Waals surface area contributed by atoms with Crippen molar-refractivity contribution in [3.05, 3.63) is 12.7 Å². The quantitative estimate of drug-likeness (QED) is 0.509. The van der Waals surface area contributed by atoms with Gasteiger partial charge in [0.05, 0.1) is 6.61 Å². The molecule has 0 aromatic carbocycles. The minimum Gasteiger partial charge on any atom is -0.320 e. The number of hydrogen-bond donors (Lipinski definition) is 0. The lowest BCUT2D eigenvalue weighted by molar-refractivity contribution is -0.256. The maximum atomic E-state index is 14.0. The van der Waals surface area contributed by atoms with Crippen molar-refractivity contribution in [2.75, 3.05) is 6.61 Å². The fourth-order valence-electron chi connectivity index (χ4n) is 4.07. The molecule has 2 aliphatic carbocycles. The van der Waals surface area contributed by atoms with Gasteiger partial charge in [0, 0.05) is 6.42 Å². The smallest absolute Gasteiger partial charge is 0.320 e. The fraction of sp³-hybridized carbons (Fsp3) is 0.895. The molecule has 22 heavy (non-hydrogen) atoms. The van der Waals surface area contributed by atoms with Gasteiger partial charge in [0.15, 0.2) is 0 Å². The molecule has 2 rings (SSSR count). The molecule has 0 radical (unpaired) electrons. The van der Waals surface area contributed by atoms with Crippen molar-refractivity contribution in [3.8, 4) is 0 Å². The van der Waals surface area contributed by atoms with Crippen LogP contribution in [0.3, 0.4) is 0 Å². The SMILES string of the molecule is C=CC1CCC(CC(F)(F)OCC2CCC(CC)CC2)CC1. The molecule has 0 aliphatic heterocycles. The lowest BCUT2D eigenvalue weighted by Gasteiger charge is -2.31. The van der Waals surface area contributed by atoms with Gasteiger partial charge >= 0.3 is 6.11 Å². The predicted molar refractivity (Wildman–Crippen MR) is 86.9 cm³/mol. The van der Waals surface area contributed by atoms with E-state index in [9.17, 15) is 8.78 Å².